The second kappa shape index (κ2) is 11.6. The minimum atomic E-state index is -0.572. The lowest BCUT2D eigenvalue weighted by Crippen LogP contribution is -2.44. The molecule has 1 saturated heterocycles. The number of ether oxygens (including phenoxy) is 2. The SMILES string of the molecule is CCN(C(=O)OC(C)(C)C)C1CCN(c2ccc(C(=O)Nc3cc(F)c4nc(C)cn4c3)c3nn(CCOC)cc23)C1. The maximum absolute atomic E-state index is 14.7. The van der Waals surface area contributed by atoms with Gasteiger partial charge in [-0.2, -0.15) is 5.10 Å². The van der Waals surface area contributed by atoms with Crippen molar-refractivity contribution in [1.29, 1.82) is 0 Å². The van der Waals surface area contributed by atoms with Gasteiger partial charge in [-0.15, -0.1) is 0 Å². The van der Waals surface area contributed by atoms with Crippen molar-refractivity contribution in [3.05, 3.63) is 53.9 Å². The van der Waals surface area contributed by atoms with Gasteiger partial charge in [-0.3, -0.25) is 9.48 Å². The van der Waals surface area contributed by atoms with Gasteiger partial charge in [0.25, 0.3) is 5.91 Å². The molecule has 11 nitrogen and oxygen atoms in total. The number of methoxy groups -OCH3 is 1. The average molecular weight is 580 g/mol. The molecule has 1 atom stereocenters. The molecule has 4 aromatic rings. The molecule has 0 saturated carbocycles. The highest BCUT2D eigenvalue weighted by Crippen LogP contribution is 2.33. The fourth-order valence-electron chi connectivity index (χ4n) is 5.42. The van der Waals surface area contributed by atoms with Crippen molar-refractivity contribution < 1.29 is 23.5 Å². The summed E-state index contributed by atoms with van der Waals surface area (Å²) in [6.07, 6.45) is 5.72. The Balaban J connectivity index is 1.43. The number of benzene rings is 1. The van der Waals surface area contributed by atoms with E-state index in [1.54, 1.807) is 46.5 Å². The number of pyridine rings is 1. The van der Waals surface area contributed by atoms with E-state index in [2.05, 4.69) is 15.2 Å². The molecule has 12 heteroatoms. The van der Waals surface area contributed by atoms with Crippen molar-refractivity contribution in [2.24, 2.45) is 0 Å². The smallest absolute Gasteiger partial charge is 0.410 e. The van der Waals surface area contributed by atoms with Crippen LogP contribution in [0.3, 0.4) is 0 Å². The topological polar surface area (TPSA) is 106 Å². The van der Waals surface area contributed by atoms with E-state index in [-0.39, 0.29) is 17.8 Å². The Hall–Kier alpha value is -4.19. The van der Waals surface area contributed by atoms with Gasteiger partial charge in [0.05, 0.1) is 36.1 Å². The van der Waals surface area contributed by atoms with Crippen LogP contribution in [0.15, 0.2) is 36.8 Å². The van der Waals surface area contributed by atoms with E-state index in [4.69, 9.17) is 14.6 Å². The van der Waals surface area contributed by atoms with E-state index in [1.807, 2.05) is 40.0 Å². The summed E-state index contributed by atoms with van der Waals surface area (Å²) >= 11 is 0. The summed E-state index contributed by atoms with van der Waals surface area (Å²) in [5.41, 5.74) is 2.44. The second-order valence-corrected chi connectivity index (χ2v) is 11.6. The van der Waals surface area contributed by atoms with Gasteiger partial charge in [0.15, 0.2) is 11.5 Å². The molecule has 1 aliphatic rings. The first-order chi connectivity index (χ1) is 20.0. The Labute approximate surface area is 244 Å². The largest absolute Gasteiger partial charge is 0.444 e. The first kappa shape index (κ1) is 29.3. The highest BCUT2D eigenvalue weighted by molar-refractivity contribution is 6.14. The molecular weight excluding hydrogens is 541 g/mol. The number of imidazole rings is 1. The van der Waals surface area contributed by atoms with Crippen LogP contribution < -0.4 is 10.2 Å². The quantitative estimate of drug-likeness (QED) is 0.318. The first-order valence-electron chi connectivity index (χ1n) is 14.2. The van der Waals surface area contributed by atoms with E-state index >= 15 is 0 Å². The summed E-state index contributed by atoms with van der Waals surface area (Å²) in [7, 11) is 1.62. The maximum atomic E-state index is 14.7. The number of hydrogen-bond donors (Lipinski definition) is 1. The minimum Gasteiger partial charge on any atom is -0.444 e. The van der Waals surface area contributed by atoms with Crippen LogP contribution in [0.5, 0.6) is 0 Å². The minimum absolute atomic E-state index is 0.0111. The van der Waals surface area contributed by atoms with Gasteiger partial charge in [0.2, 0.25) is 0 Å². The lowest BCUT2D eigenvalue weighted by Gasteiger charge is -2.31. The fourth-order valence-corrected chi connectivity index (χ4v) is 5.42. The number of aryl methyl sites for hydroxylation is 1. The number of carbonyl (C=O) groups is 2. The number of amides is 2. The lowest BCUT2D eigenvalue weighted by molar-refractivity contribution is 0.0190. The third kappa shape index (κ3) is 6.03. The third-order valence-electron chi connectivity index (χ3n) is 7.27. The number of likely N-dealkylation sites (N-methyl/N-ethyl adjacent to an activating group) is 1. The predicted octanol–water partition coefficient (Wildman–Crippen LogP) is 4.87. The Morgan fingerprint density at radius 2 is 2.00 bits per heavy atom. The molecule has 42 heavy (non-hydrogen) atoms. The molecule has 1 aliphatic heterocycles. The summed E-state index contributed by atoms with van der Waals surface area (Å²) in [6.45, 7) is 12.2. The molecule has 4 heterocycles. The van der Waals surface area contributed by atoms with E-state index in [1.165, 1.54) is 6.07 Å². The van der Waals surface area contributed by atoms with Crippen LogP contribution in [0.25, 0.3) is 16.6 Å². The molecule has 1 unspecified atom stereocenters. The molecule has 224 valence electrons. The number of carbonyl (C=O) groups excluding carboxylic acids is 2. The van der Waals surface area contributed by atoms with Crippen molar-refractivity contribution >= 4 is 39.9 Å². The predicted molar refractivity (Wildman–Crippen MR) is 159 cm³/mol. The summed E-state index contributed by atoms with van der Waals surface area (Å²) in [4.78, 5) is 34.6. The molecule has 1 aromatic carbocycles. The zero-order chi connectivity index (χ0) is 30.2. The van der Waals surface area contributed by atoms with Gasteiger partial charge in [-0.05, 0) is 53.2 Å². The zero-order valence-electron chi connectivity index (χ0n) is 25.0. The standard InChI is InChI=1S/C30H38FN7O4/c1-7-38(29(40)42-30(3,4)5)21-10-11-35(17-21)25-9-8-22(26-23(25)18-37(34-26)12-13-41-6)28(39)33-20-14-24(31)27-32-19(2)15-36(27)16-20/h8-9,14-16,18,21H,7,10-13,17H2,1-6H3,(H,33,39). The van der Waals surface area contributed by atoms with Gasteiger partial charge in [-0.1, -0.05) is 0 Å². The monoisotopic (exact) mass is 579 g/mol. The Bertz CT molecular complexity index is 1620. The summed E-state index contributed by atoms with van der Waals surface area (Å²) in [5, 5.41) is 8.36. The maximum Gasteiger partial charge on any atom is 0.410 e. The van der Waals surface area contributed by atoms with Gasteiger partial charge in [0, 0.05) is 62.5 Å². The first-order valence-corrected chi connectivity index (χ1v) is 14.2. The number of nitrogens with one attached hydrogen (secondary N) is 1. The summed E-state index contributed by atoms with van der Waals surface area (Å²) in [5.74, 6) is -0.929. The molecule has 2 amide bonds. The molecule has 0 bridgehead atoms. The lowest BCUT2D eigenvalue weighted by atomic mass is 10.1. The highest BCUT2D eigenvalue weighted by Gasteiger charge is 2.33. The van der Waals surface area contributed by atoms with Crippen LogP contribution in [0.1, 0.15) is 50.2 Å². The van der Waals surface area contributed by atoms with Gasteiger partial charge < -0.3 is 29.0 Å². The second-order valence-electron chi connectivity index (χ2n) is 11.6. The molecule has 1 fully saturated rings. The number of nitrogens with zero attached hydrogens (tertiary/aromatic N) is 6. The van der Waals surface area contributed by atoms with Crippen LogP contribution in [0.2, 0.25) is 0 Å². The highest BCUT2D eigenvalue weighted by atomic mass is 19.1. The van der Waals surface area contributed by atoms with Crippen LogP contribution >= 0.6 is 0 Å². The van der Waals surface area contributed by atoms with Crippen molar-refractivity contribution in [1.82, 2.24) is 24.1 Å². The van der Waals surface area contributed by atoms with Crippen molar-refractivity contribution in [3.63, 3.8) is 0 Å². The third-order valence-corrected chi connectivity index (χ3v) is 7.27. The zero-order valence-corrected chi connectivity index (χ0v) is 25.0. The number of hydrogen-bond acceptors (Lipinski definition) is 7. The van der Waals surface area contributed by atoms with Crippen LogP contribution in [0.4, 0.5) is 20.6 Å². The number of aromatic nitrogens is 4. The Morgan fingerprint density at radius 3 is 2.71 bits per heavy atom. The molecule has 3 aromatic heterocycles. The molecule has 0 radical (unpaired) electrons. The van der Waals surface area contributed by atoms with Gasteiger partial charge in [-0.25, -0.2) is 14.2 Å². The van der Waals surface area contributed by atoms with Crippen molar-refractivity contribution in [3.8, 4) is 0 Å². The van der Waals surface area contributed by atoms with Crippen LogP contribution in [-0.4, -0.2) is 81.1 Å². The van der Waals surface area contributed by atoms with E-state index in [0.29, 0.717) is 48.7 Å². The molecule has 5 rings (SSSR count). The van der Waals surface area contributed by atoms with Gasteiger partial charge >= 0.3 is 6.09 Å². The number of halogens is 1. The van der Waals surface area contributed by atoms with Crippen LogP contribution in [0, 0.1) is 12.7 Å². The normalized spacial score (nSPS) is 15.5. The summed E-state index contributed by atoms with van der Waals surface area (Å²) < 4.78 is 28.9. The fraction of sp³-hybridized carbons (Fsp3) is 0.467. The number of rotatable bonds is 8. The number of anilines is 2. The summed E-state index contributed by atoms with van der Waals surface area (Å²) in [6, 6.07) is 4.91. The van der Waals surface area contributed by atoms with E-state index in [0.717, 1.165) is 24.0 Å². The molecular formula is C30H38FN7O4. The van der Waals surface area contributed by atoms with Gasteiger partial charge in [0.1, 0.15) is 11.1 Å². The average Bonchev–Trinajstić information content (AvgIpc) is 3.64. The van der Waals surface area contributed by atoms with E-state index in [9.17, 15) is 14.0 Å². The Kier molecular flexibility index (Phi) is 8.09. The Morgan fingerprint density at radius 1 is 1.21 bits per heavy atom. The van der Waals surface area contributed by atoms with Crippen LogP contribution in [-0.2, 0) is 16.0 Å². The molecule has 1 N–H and O–H groups in total. The van der Waals surface area contributed by atoms with E-state index < -0.39 is 17.3 Å². The molecule has 0 spiro atoms. The van der Waals surface area contributed by atoms with Crippen molar-refractivity contribution in [2.75, 3.05) is 43.6 Å². The molecule has 0 aliphatic carbocycles. The van der Waals surface area contributed by atoms with Crippen molar-refractivity contribution in [2.45, 2.75) is 59.2 Å². The number of fused-ring (bicyclic) bond motifs is 2.